The fraction of sp³-hybridized carbons (Fsp3) is 0.636. The number of hydrogen-bond donors (Lipinski definition) is 1. The van der Waals surface area contributed by atoms with E-state index in [0.717, 1.165) is 30.8 Å². The molecule has 0 unspecified atom stereocenters. The summed E-state index contributed by atoms with van der Waals surface area (Å²) in [5, 5.41) is 3.20. The van der Waals surface area contributed by atoms with E-state index in [4.69, 9.17) is 0 Å². The molecule has 1 saturated carbocycles. The Hall–Kier alpha value is -0.430. The molecule has 96 valence electrons. The zero-order chi connectivity index (χ0) is 12.5. The molecule has 0 amide bonds. The second-order valence-electron chi connectivity index (χ2n) is 4.25. The first-order valence-corrected chi connectivity index (χ1v) is 8.09. The van der Waals surface area contributed by atoms with E-state index in [1.54, 1.807) is 13.1 Å². The minimum absolute atomic E-state index is 0.222. The van der Waals surface area contributed by atoms with Crippen molar-refractivity contribution in [3.63, 3.8) is 0 Å². The minimum atomic E-state index is -3.26. The van der Waals surface area contributed by atoms with Crippen molar-refractivity contribution in [3.8, 4) is 0 Å². The number of hydrogen-bond acceptors (Lipinski definition) is 4. The van der Waals surface area contributed by atoms with Crippen LogP contribution in [0, 0.1) is 0 Å². The molecule has 6 heteroatoms. The predicted octanol–water partition coefficient (Wildman–Crippen LogP) is 1.64. The highest BCUT2D eigenvalue weighted by molar-refractivity contribution is 7.91. The lowest BCUT2D eigenvalue weighted by atomic mass is 10.4. The number of nitrogens with one attached hydrogen (secondary N) is 1. The van der Waals surface area contributed by atoms with Crippen LogP contribution in [0.15, 0.2) is 16.3 Å². The molecule has 4 nitrogen and oxygen atoms in total. The van der Waals surface area contributed by atoms with Crippen molar-refractivity contribution in [2.45, 2.75) is 36.6 Å². The molecule has 17 heavy (non-hydrogen) atoms. The second kappa shape index (κ2) is 5.06. The third-order valence-corrected chi connectivity index (χ3v) is 6.34. The van der Waals surface area contributed by atoms with Gasteiger partial charge >= 0.3 is 0 Å². The molecule has 0 aliphatic heterocycles. The molecular weight excluding hydrogens is 256 g/mol. The van der Waals surface area contributed by atoms with Gasteiger partial charge in [-0.05, 0) is 31.5 Å². The first-order valence-electron chi connectivity index (χ1n) is 5.83. The van der Waals surface area contributed by atoms with E-state index in [1.807, 2.05) is 13.0 Å². The molecule has 0 aromatic carbocycles. The van der Waals surface area contributed by atoms with E-state index in [0.29, 0.717) is 4.21 Å². The third kappa shape index (κ3) is 2.88. The van der Waals surface area contributed by atoms with Crippen LogP contribution in [0.1, 0.15) is 24.6 Å². The van der Waals surface area contributed by atoms with Crippen LogP contribution in [-0.2, 0) is 16.6 Å². The standard InChI is InChI=1S/C11H18N2O2S2/c1-3-12-8-10-6-7-11(16-10)17(14,15)13(2)9-4-5-9/h6-7,9,12H,3-5,8H2,1-2H3. The van der Waals surface area contributed by atoms with E-state index in [9.17, 15) is 8.42 Å². The van der Waals surface area contributed by atoms with Crippen molar-refractivity contribution in [2.24, 2.45) is 0 Å². The minimum Gasteiger partial charge on any atom is -0.312 e. The summed E-state index contributed by atoms with van der Waals surface area (Å²) in [5.74, 6) is 0. The second-order valence-corrected chi connectivity index (χ2v) is 7.65. The topological polar surface area (TPSA) is 49.4 Å². The molecular formula is C11H18N2O2S2. The van der Waals surface area contributed by atoms with Gasteiger partial charge in [-0.25, -0.2) is 8.42 Å². The highest BCUT2D eigenvalue weighted by Gasteiger charge is 2.35. The Labute approximate surface area is 107 Å². The Morgan fingerprint density at radius 3 is 2.76 bits per heavy atom. The molecule has 0 atom stereocenters. The lowest BCUT2D eigenvalue weighted by molar-refractivity contribution is 0.466. The Morgan fingerprint density at radius 1 is 1.47 bits per heavy atom. The number of nitrogens with zero attached hydrogens (tertiary/aromatic N) is 1. The molecule has 2 rings (SSSR count). The SMILES string of the molecule is CCNCc1ccc(S(=O)(=O)N(C)C2CC2)s1. The molecule has 1 aliphatic rings. The fourth-order valence-corrected chi connectivity index (χ4v) is 4.54. The summed E-state index contributed by atoms with van der Waals surface area (Å²) in [4.78, 5) is 1.06. The molecule has 0 bridgehead atoms. The molecule has 0 radical (unpaired) electrons. The van der Waals surface area contributed by atoms with Crippen LogP contribution >= 0.6 is 11.3 Å². The molecule has 1 aliphatic carbocycles. The van der Waals surface area contributed by atoms with Crippen LogP contribution in [0.3, 0.4) is 0 Å². The quantitative estimate of drug-likeness (QED) is 0.858. The Morgan fingerprint density at radius 2 is 2.18 bits per heavy atom. The number of sulfonamides is 1. The summed E-state index contributed by atoms with van der Waals surface area (Å²) in [7, 11) is -1.58. The van der Waals surface area contributed by atoms with Gasteiger partial charge in [-0.15, -0.1) is 11.3 Å². The van der Waals surface area contributed by atoms with Crippen LogP contribution in [0.5, 0.6) is 0 Å². The summed E-state index contributed by atoms with van der Waals surface area (Å²) in [5.41, 5.74) is 0. The molecule has 1 fully saturated rings. The first kappa shape index (κ1) is 13.0. The number of rotatable bonds is 6. The van der Waals surface area contributed by atoms with E-state index in [1.165, 1.54) is 15.6 Å². The molecule has 1 N–H and O–H groups in total. The van der Waals surface area contributed by atoms with Gasteiger partial charge in [0.25, 0.3) is 10.0 Å². The van der Waals surface area contributed by atoms with Gasteiger partial charge in [-0.2, -0.15) is 4.31 Å². The smallest absolute Gasteiger partial charge is 0.252 e. The van der Waals surface area contributed by atoms with Gasteiger partial charge in [0.05, 0.1) is 0 Å². The van der Waals surface area contributed by atoms with Crippen LogP contribution in [0.2, 0.25) is 0 Å². The lowest BCUT2D eigenvalue weighted by Gasteiger charge is -2.14. The molecule has 0 spiro atoms. The number of thiophene rings is 1. The molecule has 0 saturated heterocycles. The van der Waals surface area contributed by atoms with Gasteiger partial charge in [-0.3, -0.25) is 0 Å². The van der Waals surface area contributed by atoms with Crippen LogP contribution in [0.25, 0.3) is 0 Å². The van der Waals surface area contributed by atoms with E-state index < -0.39 is 10.0 Å². The zero-order valence-corrected chi connectivity index (χ0v) is 11.8. The van der Waals surface area contributed by atoms with Crippen molar-refractivity contribution in [2.75, 3.05) is 13.6 Å². The van der Waals surface area contributed by atoms with Crippen LogP contribution < -0.4 is 5.32 Å². The van der Waals surface area contributed by atoms with Crippen molar-refractivity contribution >= 4 is 21.4 Å². The summed E-state index contributed by atoms with van der Waals surface area (Å²) in [6.45, 7) is 3.66. The van der Waals surface area contributed by atoms with Gasteiger partial charge in [0, 0.05) is 24.5 Å². The van der Waals surface area contributed by atoms with Crippen molar-refractivity contribution in [1.82, 2.24) is 9.62 Å². The summed E-state index contributed by atoms with van der Waals surface area (Å²) in [6, 6.07) is 3.83. The predicted molar refractivity (Wildman–Crippen MR) is 69.7 cm³/mol. The van der Waals surface area contributed by atoms with Crippen molar-refractivity contribution in [1.29, 1.82) is 0 Å². The highest BCUT2D eigenvalue weighted by Crippen LogP contribution is 2.32. The Balaban J connectivity index is 2.12. The van der Waals surface area contributed by atoms with Gasteiger partial charge in [-0.1, -0.05) is 6.92 Å². The monoisotopic (exact) mass is 274 g/mol. The van der Waals surface area contributed by atoms with Gasteiger partial charge in [0.15, 0.2) is 0 Å². The summed E-state index contributed by atoms with van der Waals surface area (Å²) >= 11 is 1.36. The van der Waals surface area contributed by atoms with Gasteiger partial charge in [0.1, 0.15) is 4.21 Å². The van der Waals surface area contributed by atoms with E-state index >= 15 is 0 Å². The lowest BCUT2D eigenvalue weighted by Crippen LogP contribution is -2.28. The average Bonchev–Trinajstić information content (AvgIpc) is 3.03. The third-order valence-electron chi connectivity index (χ3n) is 2.88. The fourth-order valence-electron chi connectivity index (χ4n) is 1.62. The molecule has 1 aromatic rings. The van der Waals surface area contributed by atoms with Crippen LogP contribution in [-0.4, -0.2) is 32.4 Å². The van der Waals surface area contributed by atoms with Gasteiger partial charge in [0.2, 0.25) is 0 Å². The summed E-state index contributed by atoms with van der Waals surface area (Å²) < 4.78 is 26.4. The Bertz CT molecular complexity index is 477. The normalized spacial score (nSPS) is 16.6. The van der Waals surface area contributed by atoms with Gasteiger partial charge < -0.3 is 5.32 Å². The highest BCUT2D eigenvalue weighted by atomic mass is 32.2. The first-order chi connectivity index (χ1) is 8.05. The van der Waals surface area contributed by atoms with Crippen molar-refractivity contribution < 1.29 is 8.42 Å². The molecule has 1 heterocycles. The molecule has 1 aromatic heterocycles. The zero-order valence-electron chi connectivity index (χ0n) is 10.1. The van der Waals surface area contributed by atoms with Crippen molar-refractivity contribution in [3.05, 3.63) is 17.0 Å². The summed E-state index contributed by atoms with van der Waals surface area (Å²) in [6.07, 6.45) is 1.98. The van der Waals surface area contributed by atoms with Crippen LogP contribution in [0.4, 0.5) is 0 Å². The Kier molecular flexibility index (Phi) is 3.87. The van der Waals surface area contributed by atoms with E-state index in [-0.39, 0.29) is 6.04 Å². The maximum atomic E-state index is 12.2. The maximum absolute atomic E-state index is 12.2. The largest absolute Gasteiger partial charge is 0.312 e. The van der Waals surface area contributed by atoms with E-state index in [2.05, 4.69) is 5.32 Å². The average molecular weight is 274 g/mol. The maximum Gasteiger partial charge on any atom is 0.252 e.